The Morgan fingerprint density at radius 2 is 2.25 bits per heavy atom. The van der Waals surface area contributed by atoms with Crippen LogP contribution in [0, 0.1) is 0 Å². The van der Waals surface area contributed by atoms with Crippen molar-refractivity contribution in [2.45, 2.75) is 52.0 Å². The van der Waals surface area contributed by atoms with Gasteiger partial charge in [0.25, 0.3) is 5.91 Å². The summed E-state index contributed by atoms with van der Waals surface area (Å²) in [6.45, 7) is 6.64. The van der Waals surface area contributed by atoms with Gasteiger partial charge in [-0.25, -0.2) is 4.98 Å². The molecular formula is C14H25N5O. The van der Waals surface area contributed by atoms with E-state index in [1.165, 1.54) is 12.8 Å². The minimum atomic E-state index is -0.0600. The van der Waals surface area contributed by atoms with Crippen molar-refractivity contribution in [3.8, 4) is 0 Å². The first kappa shape index (κ1) is 15.0. The Kier molecular flexibility index (Phi) is 5.52. The Labute approximate surface area is 120 Å². The van der Waals surface area contributed by atoms with Crippen molar-refractivity contribution >= 4 is 5.91 Å². The molecule has 20 heavy (non-hydrogen) atoms. The number of hydrogen-bond acceptors (Lipinski definition) is 4. The van der Waals surface area contributed by atoms with Gasteiger partial charge in [-0.05, 0) is 25.8 Å². The molecule has 1 aliphatic heterocycles. The first-order valence-electron chi connectivity index (χ1n) is 7.68. The van der Waals surface area contributed by atoms with Crippen molar-refractivity contribution in [2.24, 2.45) is 0 Å². The Morgan fingerprint density at radius 1 is 1.40 bits per heavy atom. The van der Waals surface area contributed by atoms with Crippen molar-refractivity contribution in [1.29, 1.82) is 0 Å². The number of piperidine rings is 1. The fraction of sp³-hybridized carbons (Fsp3) is 0.786. The Bertz CT molecular complexity index is 425. The Morgan fingerprint density at radius 3 is 2.85 bits per heavy atom. The van der Waals surface area contributed by atoms with Crippen LogP contribution in [0.1, 0.15) is 56.0 Å². The van der Waals surface area contributed by atoms with Gasteiger partial charge in [0.1, 0.15) is 5.82 Å². The molecule has 2 heterocycles. The monoisotopic (exact) mass is 279 g/mol. The third-order valence-corrected chi connectivity index (χ3v) is 3.69. The highest BCUT2D eigenvalue weighted by Crippen LogP contribution is 2.10. The first-order valence-corrected chi connectivity index (χ1v) is 7.68. The fourth-order valence-electron chi connectivity index (χ4n) is 2.58. The minimum absolute atomic E-state index is 0.0600. The van der Waals surface area contributed by atoms with E-state index in [0.717, 1.165) is 44.7 Å². The van der Waals surface area contributed by atoms with Crippen LogP contribution in [0.4, 0.5) is 0 Å². The van der Waals surface area contributed by atoms with Crippen molar-refractivity contribution in [3.63, 3.8) is 0 Å². The van der Waals surface area contributed by atoms with Crippen molar-refractivity contribution in [3.05, 3.63) is 11.6 Å². The van der Waals surface area contributed by atoms with Crippen LogP contribution >= 0.6 is 0 Å². The maximum atomic E-state index is 12.5. The molecule has 1 aliphatic rings. The number of carbonyl (C=O) groups excluding carboxylic acids is 1. The van der Waals surface area contributed by atoms with E-state index >= 15 is 0 Å². The third-order valence-electron chi connectivity index (χ3n) is 3.69. The van der Waals surface area contributed by atoms with E-state index in [2.05, 4.69) is 27.4 Å². The standard InChI is InChI=1S/C14H25N5O/c1-3-9-19(10-11-7-5-6-8-15-11)14(20)13-16-12(4-2)17-18-13/h11,15H,3-10H2,1-2H3,(H,16,17,18). The van der Waals surface area contributed by atoms with E-state index in [-0.39, 0.29) is 5.91 Å². The molecule has 0 saturated carbocycles. The first-order chi connectivity index (χ1) is 9.74. The van der Waals surface area contributed by atoms with E-state index in [1.54, 1.807) is 0 Å². The third kappa shape index (κ3) is 3.79. The quantitative estimate of drug-likeness (QED) is 0.824. The number of aromatic nitrogens is 3. The summed E-state index contributed by atoms with van der Waals surface area (Å²) in [6, 6.07) is 0.406. The number of H-pyrrole nitrogens is 1. The fourth-order valence-corrected chi connectivity index (χ4v) is 2.58. The van der Waals surface area contributed by atoms with Gasteiger partial charge in [-0.3, -0.25) is 9.89 Å². The molecule has 6 nitrogen and oxygen atoms in total. The zero-order valence-corrected chi connectivity index (χ0v) is 12.5. The summed E-state index contributed by atoms with van der Waals surface area (Å²) in [7, 11) is 0. The largest absolute Gasteiger partial charge is 0.334 e. The van der Waals surface area contributed by atoms with Gasteiger partial charge in [0.05, 0.1) is 0 Å². The lowest BCUT2D eigenvalue weighted by Gasteiger charge is -2.29. The highest BCUT2D eigenvalue weighted by Gasteiger charge is 2.23. The number of aromatic amines is 1. The van der Waals surface area contributed by atoms with Crippen LogP contribution in [0.2, 0.25) is 0 Å². The van der Waals surface area contributed by atoms with E-state index in [9.17, 15) is 4.79 Å². The highest BCUT2D eigenvalue weighted by molar-refractivity contribution is 5.90. The lowest BCUT2D eigenvalue weighted by Crippen LogP contribution is -2.46. The van der Waals surface area contributed by atoms with Crippen LogP contribution in [0.25, 0.3) is 0 Å². The number of rotatable bonds is 6. The van der Waals surface area contributed by atoms with E-state index in [4.69, 9.17) is 0 Å². The van der Waals surface area contributed by atoms with Crippen LogP contribution in [0.3, 0.4) is 0 Å². The number of hydrogen-bond donors (Lipinski definition) is 2. The average Bonchev–Trinajstić information content (AvgIpc) is 2.96. The molecule has 1 aromatic heterocycles. The maximum Gasteiger partial charge on any atom is 0.293 e. The molecule has 0 radical (unpaired) electrons. The second-order valence-electron chi connectivity index (χ2n) is 5.36. The number of amides is 1. The van der Waals surface area contributed by atoms with Gasteiger partial charge in [-0.1, -0.05) is 20.3 Å². The number of nitrogens with one attached hydrogen (secondary N) is 2. The Hall–Kier alpha value is -1.43. The molecule has 1 fully saturated rings. The van der Waals surface area contributed by atoms with Crippen molar-refractivity contribution in [2.75, 3.05) is 19.6 Å². The second kappa shape index (κ2) is 7.38. The van der Waals surface area contributed by atoms with Crippen LogP contribution in [0.5, 0.6) is 0 Å². The molecule has 0 spiro atoms. The van der Waals surface area contributed by atoms with Gasteiger partial charge < -0.3 is 10.2 Å². The number of carbonyl (C=O) groups is 1. The molecule has 1 saturated heterocycles. The van der Waals surface area contributed by atoms with E-state index in [1.807, 2.05) is 11.8 Å². The molecule has 0 aromatic carbocycles. The lowest BCUT2D eigenvalue weighted by atomic mass is 10.0. The minimum Gasteiger partial charge on any atom is -0.334 e. The molecule has 0 aliphatic carbocycles. The van der Waals surface area contributed by atoms with Crippen molar-refractivity contribution in [1.82, 2.24) is 25.4 Å². The lowest BCUT2D eigenvalue weighted by molar-refractivity contribution is 0.0720. The molecule has 6 heteroatoms. The zero-order valence-electron chi connectivity index (χ0n) is 12.5. The summed E-state index contributed by atoms with van der Waals surface area (Å²) in [4.78, 5) is 18.6. The van der Waals surface area contributed by atoms with E-state index in [0.29, 0.717) is 11.9 Å². The predicted molar refractivity (Wildman–Crippen MR) is 77.6 cm³/mol. The molecule has 1 amide bonds. The second-order valence-corrected chi connectivity index (χ2v) is 5.36. The van der Waals surface area contributed by atoms with Gasteiger partial charge >= 0.3 is 0 Å². The SMILES string of the molecule is CCCN(CC1CCCCN1)C(=O)c1n[nH]c(CC)n1. The van der Waals surface area contributed by atoms with E-state index < -0.39 is 0 Å². The summed E-state index contributed by atoms with van der Waals surface area (Å²) in [5, 5.41) is 10.3. The maximum absolute atomic E-state index is 12.5. The molecule has 1 aromatic rings. The molecule has 2 rings (SSSR count). The molecular weight excluding hydrogens is 254 g/mol. The van der Waals surface area contributed by atoms with Crippen molar-refractivity contribution < 1.29 is 4.79 Å². The summed E-state index contributed by atoms with van der Waals surface area (Å²) >= 11 is 0. The predicted octanol–water partition coefficient (Wildman–Crippen LogP) is 1.36. The summed E-state index contributed by atoms with van der Waals surface area (Å²) in [6.07, 6.45) is 5.33. The number of aryl methyl sites for hydroxylation is 1. The van der Waals surface area contributed by atoms with Crippen LogP contribution < -0.4 is 5.32 Å². The highest BCUT2D eigenvalue weighted by atomic mass is 16.2. The van der Waals surface area contributed by atoms with Gasteiger partial charge in [-0.15, -0.1) is 5.10 Å². The zero-order chi connectivity index (χ0) is 14.4. The van der Waals surface area contributed by atoms with Gasteiger partial charge in [0.15, 0.2) is 0 Å². The summed E-state index contributed by atoms with van der Waals surface area (Å²) < 4.78 is 0. The molecule has 0 bridgehead atoms. The summed E-state index contributed by atoms with van der Waals surface area (Å²) in [5.41, 5.74) is 0. The van der Waals surface area contributed by atoms with Gasteiger partial charge in [-0.2, -0.15) is 0 Å². The summed E-state index contributed by atoms with van der Waals surface area (Å²) in [5.74, 6) is 1.00. The Balaban J connectivity index is 2.00. The molecule has 112 valence electrons. The van der Waals surface area contributed by atoms with Gasteiger partial charge in [0, 0.05) is 25.6 Å². The molecule has 1 unspecified atom stereocenters. The van der Waals surface area contributed by atoms with Gasteiger partial charge in [0.2, 0.25) is 5.82 Å². The normalized spacial score (nSPS) is 19.0. The van der Waals surface area contributed by atoms with Crippen LogP contribution in [-0.2, 0) is 6.42 Å². The van der Waals surface area contributed by atoms with Crippen LogP contribution in [-0.4, -0.2) is 51.7 Å². The average molecular weight is 279 g/mol. The number of nitrogens with zero attached hydrogens (tertiary/aromatic N) is 3. The molecule has 2 N–H and O–H groups in total. The molecule has 1 atom stereocenters. The topological polar surface area (TPSA) is 73.9 Å². The van der Waals surface area contributed by atoms with Crippen LogP contribution in [0.15, 0.2) is 0 Å². The smallest absolute Gasteiger partial charge is 0.293 e.